The number of nitrogens with zero attached hydrogens (tertiary/aromatic N) is 4. The maximum absolute atomic E-state index is 5.92. The van der Waals surface area contributed by atoms with Gasteiger partial charge < -0.3 is 9.26 Å². The number of hydrogen-bond acceptors (Lipinski definition) is 6. The van der Waals surface area contributed by atoms with E-state index in [9.17, 15) is 0 Å². The van der Waals surface area contributed by atoms with E-state index in [1.807, 2.05) is 24.3 Å². The van der Waals surface area contributed by atoms with Crippen molar-refractivity contribution in [1.82, 2.24) is 19.9 Å². The van der Waals surface area contributed by atoms with Crippen LogP contribution in [0.2, 0.25) is 5.02 Å². The number of hydrogen-bond donors (Lipinski definition) is 0. The van der Waals surface area contributed by atoms with Crippen molar-refractivity contribution in [2.24, 2.45) is 0 Å². The number of ether oxygens (including phenoxy) is 1. The first-order valence-corrected chi connectivity index (χ1v) is 9.29. The summed E-state index contributed by atoms with van der Waals surface area (Å²) in [6.07, 6.45) is 2.84. The number of benzene rings is 1. The molecule has 2 aliphatic rings. The second-order valence-electron chi connectivity index (χ2n) is 6.73. The standard InChI is InChI=1S/C18H23ClN4O2/c19-15-5-3-14(4-6-15)18-20-17(25-21-18)13-23-9-7-22(8-10-23)12-16-2-1-11-24-16/h3-6,16H,1-2,7-13H2. The lowest BCUT2D eigenvalue weighted by atomic mass is 10.2. The van der Waals surface area contributed by atoms with E-state index >= 15 is 0 Å². The smallest absolute Gasteiger partial charge is 0.241 e. The van der Waals surface area contributed by atoms with Crippen LogP contribution in [-0.2, 0) is 11.3 Å². The zero-order valence-corrected chi connectivity index (χ0v) is 15.0. The molecule has 6 nitrogen and oxygen atoms in total. The maximum Gasteiger partial charge on any atom is 0.241 e. The van der Waals surface area contributed by atoms with E-state index in [0.29, 0.717) is 29.4 Å². The Kier molecular flexibility index (Phi) is 5.31. The third-order valence-electron chi connectivity index (χ3n) is 4.88. The van der Waals surface area contributed by atoms with Gasteiger partial charge in [-0.2, -0.15) is 4.98 Å². The van der Waals surface area contributed by atoms with Crippen LogP contribution in [0.3, 0.4) is 0 Å². The average molecular weight is 363 g/mol. The van der Waals surface area contributed by atoms with Gasteiger partial charge in [-0.1, -0.05) is 16.8 Å². The number of piperazine rings is 1. The van der Waals surface area contributed by atoms with Crippen molar-refractivity contribution >= 4 is 11.6 Å². The molecule has 0 N–H and O–H groups in total. The molecule has 134 valence electrons. The highest BCUT2D eigenvalue weighted by Crippen LogP contribution is 2.19. The summed E-state index contributed by atoms with van der Waals surface area (Å²) in [5.74, 6) is 1.28. The van der Waals surface area contributed by atoms with Gasteiger partial charge in [0.05, 0.1) is 12.6 Å². The van der Waals surface area contributed by atoms with Crippen LogP contribution >= 0.6 is 11.6 Å². The summed E-state index contributed by atoms with van der Waals surface area (Å²) in [6.45, 7) is 6.87. The highest BCUT2D eigenvalue weighted by Gasteiger charge is 2.23. The first-order chi connectivity index (χ1) is 12.3. The minimum Gasteiger partial charge on any atom is -0.377 e. The van der Waals surface area contributed by atoms with Crippen molar-refractivity contribution in [3.8, 4) is 11.4 Å². The highest BCUT2D eigenvalue weighted by atomic mass is 35.5. The van der Waals surface area contributed by atoms with Crippen molar-refractivity contribution in [3.63, 3.8) is 0 Å². The van der Waals surface area contributed by atoms with Gasteiger partial charge in [-0.25, -0.2) is 0 Å². The largest absolute Gasteiger partial charge is 0.377 e. The molecule has 0 radical (unpaired) electrons. The molecule has 2 fully saturated rings. The molecule has 0 saturated carbocycles. The maximum atomic E-state index is 5.92. The summed E-state index contributed by atoms with van der Waals surface area (Å²) >= 11 is 5.92. The molecule has 1 unspecified atom stereocenters. The van der Waals surface area contributed by atoms with E-state index < -0.39 is 0 Å². The van der Waals surface area contributed by atoms with Gasteiger partial charge in [-0.05, 0) is 37.1 Å². The molecule has 2 aliphatic heterocycles. The zero-order chi connectivity index (χ0) is 17.1. The third kappa shape index (κ3) is 4.39. The van der Waals surface area contributed by atoms with Crippen LogP contribution in [0.25, 0.3) is 11.4 Å². The summed E-state index contributed by atoms with van der Waals surface area (Å²) in [7, 11) is 0. The van der Waals surface area contributed by atoms with Gasteiger partial charge in [-0.15, -0.1) is 0 Å². The molecule has 1 atom stereocenters. The lowest BCUT2D eigenvalue weighted by Gasteiger charge is -2.34. The van der Waals surface area contributed by atoms with Crippen molar-refractivity contribution < 1.29 is 9.26 Å². The van der Waals surface area contributed by atoms with E-state index in [4.69, 9.17) is 20.9 Å². The Morgan fingerprint density at radius 1 is 1.08 bits per heavy atom. The lowest BCUT2D eigenvalue weighted by Crippen LogP contribution is -2.48. The van der Waals surface area contributed by atoms with Gasteiger partial charge in [0.25, 0.3) is 0 Å². The molecule has 2 saturated heterocycles. The fourth-order valence-corrected chi connectivity index (χ4v) is 3.56. The monoisotopic (exact) mass is 362 g/mol. The molecular weight excluding hydrogens is 340 g/mol. The number of rotatable bonds is 5. The molecule has 0 amide bonds. The fourth-order valence-electron chi connectivity index (χ4n) is 3.43. The minimum atomic E-state index is 0.435. The Morgan fingerprint density at radius 3 is 2.56 bits per heavy atom. The van der Waals surface area contributed by atoms with Crippen molar-refractivity contribution in [2.75, 3.05) is 39.3 Å². The van der Waals surface area contributed by atoms with Crippen LogP contribution in [-0.4, -0.2) is 65.4 Å². The van der Waals surface area contributed by atoms with Crippen LogP contribution in [0.5, 0.6) is 0 Å². The van der Waals surface area contributed by atoms with Gasteiger partial charge in [0.2, 0.25) is 11.7 Å². The van der Waals surface area contributed by atoms with Gasteiger partial charge in [0.1, 0.15) is 0 Å². The van der Waals surface area contributed by atoms with E-state index in [-0.39, 0.29) is 0 Å². The first kappa shape index (κ1) is 17.0. The zero-order valence-electron chi connectivity index (χ0n) is 14.2. The summed E-state index contributed by atoms with van der Waals surface area (Å²) in [5.41, 5.74) is 0.917. The van der Waals surface area contributed by atoms with Crippen LogP contribution in [0.15, 0.2) is 28.8 Å². The Hall–Kier alpha value is -1.47. The van der Waals surface area contributed by atoms with Crippen LogP contribution in [0, 0.1) is 0 Å². The average Bonchev–Trinajstić information content (AvgIpc) is 3.29. The second kappa shape index (κ2) is 7.83. The Balaban J connectivity index is 1.28. The molecule has 0 spiro atoms. The fraction of sp³-hybridized carbons (Fsp3) is 0.556. The molecule has 4 rings (SSSR count). The third-order valence-corrected chi connectivity index (χ3v) is 5.13. The molecule has 0 aliphatic carbocycles. The van der Waals surface area contributed by atoms with E-state index in [1.54, 1.807) is 0 Å². The van der Waals surface area contributed by atoms with Crippen molar-refractivity contribution in [2.45, 2.75) is 25.5 Å². The summed E-state index contributed by atoms with van der Waals surface area (Å²) in [4.78, 5) is 9.38. The molecule has 7 heteroatoms. The lowest BCUT2D eigenvalue weighted by molar-refractivity contribution is 0.0468. The number of halogens is 1. The second-order valence-corrected chi connectivity index (χ2v) is 7.17. The van der Waals surface area contributed by atoms with Gasteiger partial charge in [0.15, 0.2) is 0 Å². The van der Waals surface area contributed by atoms with Crippen molar-refractivity contribution in [3.05, 3.63) is 35.2 Å². The molecule has 2 aromatic rings. The first-order valence-electron chi connectivity index (χ1n) is 8.91. The van der Waals surface area contributed by atoms with Crippen LogP contribution in [0.1, 0.15) is 18.7 Å². The van der Waals surface area contributed by atoms with Crippen LogP contribution < -0.4 is 0 Å². The molecular formula is C18H23ClN4O2. The predicted molar refractivity (Wildman–Crippen MR) is 95.4 cm³/mol. The molecule has 1 aromatic carbocycles. The number of aromatic nitrogens is 2. The Morgan fingerprint density at radius 2 is 1.84 bits per heavy atom. The summed E-state index contributed by atoms with van der Waals surface area (Å²) in [5, 5.41) is 4.78. The SMILES string of the molecule is Clc1ccc(-c2noc(CN3CCN(CC4CCCO4)CC3)n2)cc1. The van der Waals surface area contributed by atoms with Gasteiger partial charge in [0, 0.05) is 49.9 Å². The van der Waals surface area contributed by atoms with Gasteiger partial charge >= 0.3 is 0 Å². The summed E-state index contributed by atoms with van der Waals surface area (Å²) in [6, 6.07) is 7.47. The van der Waals surface area contributed by atoms with E-state index in [0.717, 1.165) is 44.9 Å². The highest BCUT2D eigenvalue weighted by molar-refractivity contribution is 6.30. The van der Waals surface area contributed by atoms with Crippen LogP contribution in [0.4, 0.5) is 0 Å². The minimum absolute atomic E-state index is 0.435. The van der Waals surface area contributed by atoms with E-state index in [1.165, 1.54) is 12.8 Å². The molecule has 0 bridgehead atoms. The van der Waals surface area contributed by atoms with Crippen molar-refractivity contribution in [1.29, 1.82) is 0 Å². The Bertz CT molecular complexity index is 677. The van der Waals surface area contributed by atoms with E-state index in [2.05, 4.69) is 19.9 Å². The molecule has 1 aromatic heterocycles. The quantitative estimate of drug-likeness (QED) is 0.815. The molecule has 3 heterocycles. The normalized spacial score (nSPS) is 22.5. The topological polar surface area (TPSA) is 54.6 Å². The Labute approximate surface area is 152 Å². The molecule has 25 heavy (non-hydrogen) atoms. The van der Waals surface area contributed by atoms with Gasteiger partial charge in [-0.3, -0.25) is 9.80 Å². The predicted octanol–water partition coefficient (Wildman–Crippen LogP) is 2.69. The summed E-state index contributed by atoms with van der Waals surface area (Å²) < 4.78 is 11.2.